The number of aromatic nitrogens is 1. The Balaban J connectivity index is 1.65. The average Bonchev–Trinajstić information content (AvgIpc) is 2.77. The van der Waals surface area contributed by atoms with Crippen LogP contribution in [0.1, 0.15) is 39.8 Å². The van der Waals surface area contributed by atoms with Crippen LogP contribution in [0.5, 0.6) is 0 Å². The number of nitrogens with one attached hydrogen (secondary N) is 2. The largest absolute Gasteiger partial charge is 0.377 e. The molecule has 2 atom stereocenters. The maximum Gasteiger partial charge on any atom is 0.0805 e. The monoisotopic (exact) mass is 395 g/mol. The van der Waals surface area contributed by atoms with Gasteiger partial charge in [-0.2, -0.15) is 5.10 Å². The second-order valence-corrected chi connectivity index (χ2v) is 8.18. The molecule has 0 spiro atoms. The molecule has 0 amide bonds. The maximum absolute atomic E-state index is 4.79. The molecule has 0 aliphatic carbocycles. The summed E-state index contributed by atoms with van der Waals surface area (Å²) in [5.41, 5.74) is 12.0. The van der Waals surface area contributed by atoms with Gasteiger partial charge in [0.05, 0.1) is 23.4 Å². The van der Waals surface area contributed by atoms with E-state index in [9.17, 15) is 0 Å². The standard InChI is InChI=1S/C25H25N5/c1-16-20-7-4-8-21-23(20)25(29-28-16)22(24(27-21)19-6-5-13-26-14-19)18-11-9-17(10-12-18)15-30(2)3/h4-14,22,24,27-28H,1,15H2,2-3H3. The Kier molecular flexibility index (Phi) is 4.60. The Morgan fingerprint density at radius 2 is 1.83 bits per heavy atom. The second-order valence-electron chi connectivity index (χ2n) is 8.18. The molecular formula is C25H25N5. The lowest BCUT2D eigenvalue weighted by molar-refractivity contribution is 0.402. The van der Waals surface area contributed by atoms with Gasteiger partial charge in [0, 0.05) is 35.8 Å². The van der Waals surface area contributed by atoms with Crippen LogP contribution in [0.25, 0.3) is 5.70 Å². The fourth-order valence-electron chi connectivity index (χ4n) is 4.46. The number of benzene rings is 2. The molecule has 150 valence electrons. The van der Waals surface area contributed by atoms with Crippen molar-refractivity contribution < 1.29 is 0 Å². The van der Waals surface area contributed by atoms with E-state index >= 15 is 0 Å². The minimum atomic E-state index is 0.0352. The molecule has 0 radical (unpaired) electrons. The van der Waals surface area contributed by atoms with Gasteiger partial charge in [-0.3, -0.25) is 10.4 Å². The van der Waals surface area contributed by atoms with E-state index in [0.717, 1.165) is 40.3 Å². The summed E-state index contributed by atoms with van der Waals surface area (Å²) in [6.07, 6.45) is 3.75. The highest BCUT2D eigenvalue weighted by molar-refractivity contribution is 6.15. The van der Waals surface area contributed by atoms with E-state index in [2.05, 4.69) is 89.8 Å². The first-order valence-electron chi connectivity index (χ1n) is 10.2. The van der Waals surface area contributed by atoms with Gasteiger partial charge in [0.25, 0.3) is 0 Å². The molecule has 1 aromatic heterocycles. The zero-order chi connectivity index (χ0) is 20.7. The summed E-state index contributed by atoms with van der Waals surface area (Å²) in [7, 11) is 4.18. The topological polar surface area (TPSA) is 52.6 Å². The number of anilines is 1. The number of nitrogens with zero attached hydrogens (tertiary/aromatic N) is 3. The first-order chi connectivity index (χ1) is 14.6. The molecule has 30 heavy (non-hydrogen) atoms. The molecule has 2 aromatic carbocycles. The lowest BCUT2D eigenvalue weighted by Crippen LogP contribution is -2.36. The van der Waals surface area contributed by atoms with E-state index in [0.29, 0.717) is 0 Å². The minimum absolute atomic E-state index is 0.0352. The van der Waals surface area contributed by atoms with E-state index in [1.165, 1.54) is 11.1 Å². The SMILES string of the molecule is C=C1NN=C2c3c(cccc31)NC(c1cccnc1)C2c1ccc(CN(C)C)cc1. The van der Waals surface area contributed by atoms with Gasteiger partial charge in [0.1, 0.15) is 0 Å². The number of hydrogen-bond acceptors (Lipinski definition) is 5. The molecule has 0 fully saturated rings. The normalized spacial score (nSPS) is 19.6. The summed E-state index contributed by atoms with van der Waals surface area (Å²) in [6, 6.07) is 19.3. The van der Waals surface area contributed by atoms with E-state index in [4.69, 9.17) is 5.10 Å². The molecule has 5 heteroatoms. The third-order valence-electron chi connectivity index (χ3n) is 5.78. The molecule has 5 nitrogen and oxygen atoms in total. The molecule has 0 bridgehead atoms. The first-order valence-corrected chi connectivity index (χ1v) is 10.2. The van der Waals surface area contributed by atoms with Crippen LogP contribution in [-0.4, -0.2) is 29.7 Å². The van der Waals surface area contributed by atoms with Crippen molar-refractivity contribution in [1.29, 1.82) is 0 Å². The summed E-state index contributed by atoms with van der Waals surface area (Å²) in [6.45, 7) is 5.06. The number of pyridine rings is 1. The fraction of sp³-hybridized carbons (Fsp3) is 0.200. The quantitative estimate of drug-likeness (QED) is 0.689. The van der Waals surface area contributed by atoms with Crippen LogP contribution >= 0.6 is 0 Å². The van der Waals surface area contributed by atoms with Gasteiger partial charge in [0.2, 0.25) is 0 Å². The molecule has 3 heterocycles. The molecule has 2 unspecified atom stereocenters. The second kappa shape index (κ2) is 7.43. The Morgan fingerprint density at radius 3 is 2.57 bits per heavy atom. The van der Waals surface area contributed by atoms with Crippen LogP contribution in [0.3, 0.4) is 0 Å². The summed E-state index contributed by atoms with van der Waals surface area (Å²) >= 11 is 0. The Hall–Kier alpha value is -3.44. The van der Waals surface area contributed by atoms with Crippen LogP contribution in [0, 0.1) is 0 Å². The van der Waals surface area contributed by atoms with Gasteiger partial charge in [-0.15, -0.1) is 0 Å². The third kappa shape index (κ3) is 3.17. The summed E-state index contributed by atoms with van der Waals surface area (Å²) in [4.78, 5) is 6.55. The highest BCUT2D eigenvalue weighted by Gasteiger charge is 2.38. The van der Waals surface area contributed by atoms with Crippen molar-refractivity contribution in [3.63, 3.8) is 0 Å². The van der Waals surface area contributed by atoms with Crippen molar-refractivity contribution in [2.45, 2.75) is 18.5 Å². The van der Waals surface area contributed by atoms with E-state index in [1.807, 2.05) is 18.5 Å². The summed E-state index contributed by atoms with van der Waals surface area (Å²) in [5.74, 6) is 0.0526. The Bertz CT molecular complexity index is 1120. The molecule has 2 aliphatic rings. The predicted octanol–water partition coefficient (Wildman–Crippen LogP) is 4.37. The van der Waals surface area contributed by atoms with Crippen molar-refractivity contribution >= 4 is 17.1 Å². The van der Waals surface area contributed by atoms with Crippen molar-refractivity contribution in [3.8, 4) is 0 Å². The van der Waals surface area contributed by atoms with Crippen molar-refractivity contribution in [2.24, 2.45) is 5.10 Å². The minimum Gasteiger partial charge on any atom is -0.377 e. The zero-order valence-electron chi connectivity index (χ0n) is 17.3. The smallest absolute Gasteiger partial charge is 0.0805 e. The van der Waals surface area contributed by atoms with Crippen LogP contribution in [0.2, 0.25) is 0 Å². The molecule has 0 saturated carbocycles. The first kappa shape index (κ1) is 18.6. The highest BCUT2D eigenvalue weighted by atomic mass is 15.3. The lowest BCUT2D eigenvalue weighted by Gasteiger charge is -2.39. The average molecular weight is 396 g/mol. The van der Waals surface area contributed by atoms with Crippen LogP contribution < -0.4 is 10.7 Å². The van der Waals surface area contributed by atoms with Gasteiger partial charge in [-0.1, -0.05) is 49.0 Å². The van der Waals surface area contributed by atoms with Gasteiger partial charge in [-0.05, 0) is 42.9 Å². The Labute approximate surface area is 177 Å². The van der Waals surface area contributed by atoms with Crippen molar-refractivity contribution in [3.05, 3.63) is 101 Å². The van der Waals surface area contributed by atoms with Gasteiger partial charge in [0.15, 0.2) is 0 Å². The Morgan fingerprint density at radius 1 is 1.00 bits per heavy atom. The molecule has 2 aliphatic heterocycles. The van der Waals surface area contributed by atoms with Crippen molar-refractivity contribution in [1.82, 2.24) is 15.3 Å². The molecule has 5 rings (SSSR count). The van der Waals surface area contributed by atoms with E-state index in [-0.39, 0.29) is 12.0 Å². The summed E-state index contributed by atoms with van der Waals surface area (Å²) in [5, 5.41) is 8.56. The number of hydrazone groups is 1. The number of hydrogen-bond donors (Lipinski definition) is 2. The van der Waals surface area contributed by atoms with E-state index in [1.54, 1.807) is 0 Å². The van der Waals surface area contributed by atoms with Gasteiger partial charge < -0.3 is 10.2 Å². The molecule has 0 saturated heterocycles. The van der Waals surface area contributed by atoms with Crippen molar-refractivity contribution in [2.75, 3.05) is 19.4 Å². The van der Waals surface area contributed by atoms with Crippen LogP contribution in [0.4, 0.5) is 5.69 Å². The third-order valence-corrected chi connectivity index (χ3v) is 5.78. The predicted molar refractivity (Wildman–Crippen MR) is 122 cm³/mol. The van der Waals surface area contributed by atoms with E-state index < -0.39 is 0 Å². The highest BCUT2D eigenvalue weighted by Crippen LogP contribution is 2.45. The fourth-order valence-corrected chi connectivity index (χ4v) is 4.46. The maximum atomic E-state index is 4.79. The van der Waals surface area contributed by atoms with Gasteiger partial charge >= 0.3 is 0 Å². The lowest BCUT2D eigenvalue weighted by atomic mass is 9.76. The van der Waals surface area contributed by atoms with Crippen LogP contribution in [-0.2, 0) is 6.54 Å². The molecule has 2 N–H and O–H groups in total. The van der Waals surface area contributed by atoms with Gasteiger partial charge in [-0.25, -0.2) is 0 Å². The zero-order valence-corrected chi connectivity index (χ0v) is 17.3. The van der Waals surface area contributed by atoms with Crippen LogP contribution in [0.15, 0.2) is 78.7 Å². The molecular weight excluding hydrogens is 370 g/mol. The molecule has 3 aromatic rings. The number of rotatable bonds is 4. The summed E-state index contributed by atoms with van der Waals surface area (Å²) < 4.78 is 0.